The fraction of sp³-hybridized carbons (Fsp3) is 0.0392. The minimum atomic E-state index is 0.467. The first-order valence-corrected chi connectivity index (χ1v) is 18.8. The summed E-state index contributed by atoms with van der Waals surface area (Å²) in [6.07, 6.45) is 0. The maximum absolute atomic E-state index is 9.28. The number of para-hydroxylation sites is 2. The number of aromatic nitrogens is 2. The first-order valence-electron chi connectivity index (χ1n) is 18.8. The van der Waals surface area contributed by atoms with Gasteiger partial charge in [0.05, 0.1) is 33.7 Å². The Labute approximate surface area is 318 Å². The van der Waals surface area contributed by atoms with Gasteiger partial charge in [0.25, 0.3) is 0 Å². The standard InChI is InChI=1S/C51H34N4/c52-31-33-15-17-34(18-16-33)37-7-5-9-41(27-37)54-48-13-3-1-11-43(48)45-29-38(23-25-50(45)54)35-19-21-36(22-20-35)39-24-26-51-46(30-39)44-12-2-4-14-49(44)55(51)42-10-6-8-40(28-42)47-32-53-47/h1-30,47,53H,32H2. The van der Waals surface area contributed by atoms with E-state index in [0.717, 1.165) is 23.4 Å². The number of nitriles is 1. The molecule has 3 heterocycles. The first kappa shape index (κ1) is 31.3. The number of fused-ring (bicyclic) bond motifs is 6. The van der Waals surface area contributed by atoms with Crippen LogP contribution in [0, 0.1) is 11.3 Å². The van der Waals surface area contributed by atoms with Gasteiger partial charge in [-0.15, -0.1) is 0 Å². The van der Waals surface area contributed by atoms with E-state index in [-0.39, 0.29) is 0 Å². The molecule has 4 heteroatoms. The van der Waals surface area contributed by atoms with Crippen LogP contribution in [0.4, 0.5) is 0 Å². The van der Waals surface area contributed by atoms with Crippen molar-refractivity contribution in [2.24, 2.45) is 0 Å². The molecule has 1 saturated heterocycles. The van der Waals surface area contributed by atoms with Crippen molar-refractivity contribution in [2.45, 2.75) is 6.04 Å². The fourth-order valence-electron chi connectivity index (χ4n) is 8.45. The predicted octanol–water partition coefficient (Wildman–Crippen LogP) is 12.4. The maximum atomic E-state index is 9.28. The molecule has 0 bridgehead atoms. The normalized spacial score (nSPS) is 13.8. The average Bonchev–Trinajstić information content (AvgIpc) is 3.99. The van der Waals surface area contributed by atoms with Crippen molar-refractivity contribution in [3.8, 4) is 50.8 Å². The fourth-order valence-corrected chi connectivity index (χ4v) is 8.45. The maximum Gasteiger partial charge on any atom is 0.0991 e. The second kappa shape index (κ2) is 12.5. The quantitative estimate of drug-likeness (QED) is 0.175. The molecule has 1 aliphatic rings. The topological polar surface area (TPSA) is 55.6 Å². The summed E-state index contributed by atoms with van der Waals surface area (Å²) < 4.78 is 4.77. The molecule has 8 aromatic carbocycles. The summed E-state index contributed by atoms with van der Waals surface area (Å²) in [4.78, 5) is 0. The lowest BCUT2D eigenvalue weighted by Crippen LogP contribution is -1.95. The van der Waals surface area contributed by atoms with Crippen LogP contribution in [-0.4, -0.2) is 15.7 Å². The molecule has 55 heavy (non-hydrogen) atoms. The Hall–Kier alpha value is -7.19. The largest absolute Gasteiger partial charge is 0.309 e. The van der Waals surface area contributed by atoms with Gasteiger partial charge in [0.1, 0.15) is 0 Å². The first-order chi connectivity index (χ1) is 27.2. The third kappa shape index (κ3) is 5.25. The number of benzene rings is 8. The van der Waals surface area contributed by atoms with E-state index < -0.39 is 0 Å². The number of hydrogen-bond donors (Lipinski definition) is 1. The van der Waals surface area contributed by atoms with Crippen molar-refractivity contribution in [1.82, 2.24) is 14.5 Å². The monoisotopic (exact) mass is 702 g/mol. The summed E-state index contributed by atoms with van der Waals surface area (Å²) in [7, 11) is 0. The summed E-state index contributed by atoms with van der Waals surface area (Å²) >= 11 is 0. The molecule has 258 valence electrons. The van der Waals surface area contributed by atoms with Crippen LogP contribution in [0.1, 0.15) is 17.2 Å². The van der Waals surface area contributed by atoms with Gasteiger partial charge in [-0.25, -0.2) is 0 Å². The van der Waals surface area contributed by atoms with Gasteiger partial charge in [-0.05, 0) is 112 Å². The lowest BCUT2D eigenvalue weighted by Gasteiger charge is -2.11. The van der Waals surface area contributed by atoms with Crippen LogP contribution in [0.2, 0.25) is 0 Å². The van der Waals surface area contributed by atoms with E-state index in [1.807, 2.05) is 24.3 Å². The third-order valence-corrected chi connectivity index (χ3v) is 11.3. The van der Waals surface area contributed by atoms with Gasteiger partial charge in [-0.3, -0.25) is 0 Å². The zero-order chi connectivity index (χ0) is 36.5. The Morgan fingerprint density at radius 3 is 1.42 bits per heavy atom. The molecular formula is C51H34N4. The molecule has 1 unspecified atom stereocenters. The van der Waals surface area contributed by atoms with Gasteiger partial charge >= 0.3 is 0 Å². The minimum Gasteiger partial charge on any atom is -0.309 e. The van der Waals surface area contributed by atoms with Crippen LogP contribution < -0.4 is 5.32 Å². The second-order valence-electron chi connectivity index (χ2n) is 14.5. The lowest BCUT2D eigenvalue weighted by molar-refractivity contribution is 1.06. The third-order valence-electron chi connectivity index (χ3n) is 11.3. The van der Waals surface area contributed by atoms with Gasteiger partial charge < -0.3 is 14.5 Å². The SMILES string of the molecule is N#Cc1ccc(-c2cccc(-n3c4ccccc4c4cc(-c5ccc(-c6ccc7c(c6)c6ccccc6n7-c6cccc(C7CN7)c6)cc5)ccc43)c2)cc1. The summed E-state index contributed by atoms with van der Waals surface area (Å²) in [6, 6.07) is 68.2. The van der Waals surface area contributed by atoms with Crippen LogP contribution in [0.3, 0.4) is 0 Å². The zero-order valence-electron chi connectivity index (χ0n) is 29.9. The summed E-state index contributed by atoms with van der Waals surface area (Å²) in [5.74, 6) is 0. The van der Waals surface area contributed by atoms with E-state index in [0.29, 0.717) is 11.6 Å². The average molecular weight is 703 g/mol. The van der Waals surface area contributed by atoms with E-state index in [9.17, 15) is 5.26 Å². The highest BCUT2D eigenvalue weighted by molar-refractivity contribution is 6.11. The molecule has 10 aromatic rings. The predicted molar refractivity (Wildman–Crippen MR) is 227 cm³/mol. The molecule has 0 radical (unpaired) electrons. The molecule has 1 aliphatic heterocycles. The number of hydrogen-bond acceptors (Lipinski definition) is 2. The minimum absolute atomic E-state index is 0.467. The van der Waals surface area contributed by atoms with E-state index in [1.165, 1.54) is 77.1 Å². The van der Waals surface area contributed by atoms with Crippen molar-refractivity contribution >= 4 is 43.6 Å². The van der Waals surface area contributed by atoms with Gasteiger partial charge in [-0.1, -0.05) is 109 Å². The molecule has 2 aromatic heterocycles. The number of rotatable bonds is 6. The van der Waals surface area contributed by atoms with E-state index in [1.54, 1.807) is 0 Å². The highest BCUT2D eigenvalue weighted by Crippen LogP contribution is 2.38. The van der Waals surface area contributed by atoms with Gasteiger partial charge in [0.2, 0.25) is 0 Å². The Morgan fingerprint density at radius 1 is 0.418 bits per heavy atom. The summed E-state index contributed by atoms with van der Waals surface area (Å²) in [5.41, 5.74) is 16.1. The summed E-state index contributed by atoms with van der Waals surface area (Å²) in [5, 5.41) is 17.7. The van der Waals surface area contributed by atoms with Crippen LogP contribution in [-0.2, 0) is 0 Å². The lowest BCUT2D eigenvalue weighted by atomic mass is 9.98. The molecule has 0 spiro atoms. The Morgan fingerprint density at radius 2 is 0.873 bits per heavy atom. The van der Waals surface area contributed by atoms with Crippen molar-refractivity contribution < 1.29 is 0 Å². The molecule has 1 N–H and O–H groups in total. The van der Waals surface area contributed by atoms with E-state index in [4.69, 9.17) is 0 Å². The molecular weight excluding hydrogens is 669 g/mol. The Balaban J connectivity index is 0.955. The molecule has 1 atom stereocenters. The van der Waals surface area contributed by atoms with Crippen molar-refractivity contribution in [3.63, 3.8) is 0 Å². The van der Waals surface area contributed by atoms with Crippen LogP contribution in [0.15, 0.2) is 182 Å². The van der Waals surface area contributed by atoms with Crippen LogP contribution in [0.25, 0.3) is 88.4 Å². The van der Waals surface area contributed by atoms with E-state index in [2.05, 4.69) is 178 Å². The molecule has 0 saturated carbocycles. The second-order valence-corrected chi connectivity index (χ2v) is 14.5. The van der Waals surface area contributed by atoms with Crippen LogP contribution in [0.5, 0.6) is 0 Å². The molecule has 11 rings (SSSR count). The van der Waals surface area contributed by atoms with Crippen molar-refractivity contribution in [3.05, 3.63) is 193 Å². The summed E-state index contributed by atoms with van der Waals surface area (Å²) in [6.45, 7) is 1.05. The highest BCUT2D eigenvalue weighted by atomic mass is 15.1. The molecule has 0 amide bonds. The highest BCUT2D eigenvalue weighted by Gasteiger charge is 2.23. The Bertz CT molecular complexity index is 3150. The van der Waals surface area contributed by atoms with Crippen LogP contribution >= 0.6 is 0 Å². The van der Waals surface area contributed by atoms with Gasteiger partial charge in [0.15, 0.2) is 0 Å². The number of nitrogens with one attached hydrogen (secondary N) is 1. The van der Waals surface area contributed by atoms with Gasteiger partial charge in [-0.2, -0.15) is 5.26 Å². The van der Waals surface area contributed by atoms with Crippen molar-refractivity contribution in [1.29, 1.82) is 5.26 Å². The molecule has 1 fully saturated rings. The zero-order valence-corrected chi connectivity index (χ0v) is 29.9. The molecule has 4 nitrogen and oxygen atoms in total. The van der Waals surface area contributed by atoms with Gasteiger partial charge in [0, 0.05) is 45.5 Å². The Kier molecular flexibility index (Phi) is 7.10. The van der Waals surface area contributed by atoms with E-state index >= 15 is 0 Å². The smallest absolute Gasteiger partial charge is 0.0991 e. The van der Waals surface area contributed by atoms with Crippen molar-refractivity contribution in [2.75, 3.05) is 6.54 Å². The number of nitrogens with zero attached hydrogens (tertiary/aromatic N) is 3. The molecule has 0 aliphatic carbocycles.